The minimum atomic E-state index is -4.05. The first-order valence-electron chi connectivity index (χ1n) is 10.3. The van der Waals surface area contributed by atoms with Gasteiger partial charge in [-0.1, -0.05) is 47.7 Å². The van der Waals surface area contributed by atoms with E-state index >= 15 is 0 Å². The maximum Gasteiger partial charge on any atom is 0.339 e. The van der Waals surface area contributed by atoms with Crippen molar-refractivity contribution in [3.8, 4) is 11.5 Å². The summed E-state index contributed by atoms with van der Waals surface area (Å²) < 4.78 is 36.2. The number of thiocarbonyl (C=S) groups is 1. The van der Waals surface area contributed by atoms with E-state index in [-0.39, 0.29) is 28.7 Å². The molecule has 2 aromatic carbocycles. The summed E-state index contributed by atoms with van der Waals surface area (Å²) in [6.07, 6.45) is 2.66. The van der Waals surface area contributed by atoms with Crippen LogP contribution in [-0.2, 0) is 19.7 Å². The first kappa shape index (κ1) is 25.7. The maximum absolute atomic E-state index is 12.7. The molecule has 0 bridgehead atoms. The summed E-state index contributed by atoms with van der Waals surface area (Å²) in [5.74, 6) is -0.926. The number of carbonyl (C=O) groups is 2. The second-order valence-electron chi connectivity index (χ2n) is 7.45. The lowest BCUT2D eigenvalue weighted by atomic mass is 10.2. The highest BCUT2D eigenvalue weighted by Crippen LogP contribution is 2.35. The molecule has 1 N–H and O–H groups in total. The van der Waals surface area contributed by atoms with E-state index in [1.807, 2.05) is 6.92 Å². The van der Waals surface area contributed by atoms with Gasteiger partial charge in [-0.15, -0.1) is 0 Å². The third-order valence-corrected chi connectivity index (χ3v) is 7.52. The number of nitrogens with zero attached hydrogens (tertiary/aromatic N) is 1. The van der Waals surface area contributed by atoms with Crippen LogP contribution >= 0.6 is 24.0 Å². The Balaban J connectivity index is 1.75. The van der Waals surface area contributed by atoms with Crippen LogP contribution in [-0.4, -0.2) is 48.3 Å². The van der Waals surface area contributed by atoms with Gasteiger partial charge in [0.15, 0.2) is 11.5 Å². The lowest BCUT2D eigenvalue weighted by Gasteiger charge is -2.13. The lowest BCUT2D eigenvalue weighted by Crippen LogP contribution is -2.29. The predicted molar refractivity (Wildman–Crippen MR) is 133 cm³/mol. The van der Waals surface area contributed by atoms with E-state index in [1.54, 1.807) is 30.3 Å². The molecule has 2 aromatic rings. The standard InChI is InChI=1S/C23H23NO7S3/c1-15-6-9-17(10-7-15)34(28,29)31-18-11-8-16(13-19(18)30-2)14-20-22(27)24(23(32)33-20)12-4-3-5-21(25)26/h6-11,13-14H,3-5,12H2,1-2H3,(H,25,26)/b20-14+. The number of carboxylic acid groups (broad SMARTS) is 1. The van der Waals surface area contributed by atoms with Crippen LogP contribution in [0.15, 0.2) is 52.3 Å². The summed E-state index contributed by atoms with van der Waals surface area (Å²) in [6, 6.07) is 10.9. The lowest BCUT2D eigenvalue weighted by molar-refractivity contribution is -0.137. The van der Waals surface area contributed by atoms with Gasteiger partial charge in [0.2, 0.25) is 0 Å². The van der Waals surface area contributed by atoms with Crippen molar-refractivity contribution >= 4 is 56.4 Å². The fourth-order valence-electron chi connectivity index (χ4n) is 3.10. The van der Waals surface area contributed by atoms with Gasteiger partial charge in [0.25, 0.3) is 5.91 Å². The zero-order valence-corrected chi connectivity index (χ0v) is 21.0. The van der Waals surface area contributed by atoms with Crippen LogP contribution in [0.25, 0.3) is 6.08 Å². The van der Waals surface area contributed by atoms with Crippen molar-refractivity contribution in [3.63, 3.8) is 0 Å². The Bertz CT molecular complexity index is 1240. The fourth-order valence-corrected chi connectivity index (χ4v) is 5.35. The smallest absolute Gasteiger partial charge is 0.339 e. The molecule has 1 amide bonds. The third-order valence-electron chi connectivity index (χ3n) is 4.89. The highest BCUT2D eigenvalue weighted by atomic mass is 32.2. The molecule has 0 radical (unpaired) electrons. The largest absolute Gasteiger partial charge is 0.493 e. The first-order chi connectivity index (χ1) is 16.1. The molecule has 0 atom stereocenters. The summed E-state index contributed by atoms with van der Waals surface area (Å²) in [6.45, 7) is 2.20. The highest BCUT2D eigenvalue weighted by molar-refractivity contribution is 8.26. The number of aryl methyl sites for hydroxylation is 1. The van der Waals surface area contributed by atoms with E-state index in [2.05, 4.69) is 0 Å². The summed E-state index contributed by atoms with van der Waals surface area (Å²) >= 11 is 6.45. The summed E-state index contributed by atoms with van der Waals surface area (Å²) in [5, 5.41) is 8.74. The van der Waals surface area contributed by atoms with Crippen molar-refractivity contribution in [1.82, 2.24) is 4.90 Å². The van der Waals surface area contributed by atoms with Gasteiger partial charge < -0.3 is 14.0 Å². The van der Waals surface area contributed by atoms with Gasteiger partial charge in [0.05, 0.1) is 12.0 Å². The average molecular weight is 522 g/mol. The Morgan fingerprint density at radius 1 is 1.15 bits per heavy atom. The number of carboxylic acids is 1. The zero-order valence-electron chi connectivity index (χ0n) is 18.5. The Hall–Kier alpha value is -2.89. The zero-order chi connectivity index (χ0) is 24.9. The number of thioether (sulfide) groups is 1. The Morgan fingerprint density at radius 3 is 2.50 bits per heavy atom. The van der Waals surface area contributed by atoms with E-state index in [0.29, 0.717) is 34.2 Å². The number of hydrogen-bond donors (Lipinski definition) is 1. The Labute approximate surface area is 207 Å². The number of unbranched alkanes of at least 4 members (excludes halogenated alkanes) is 1. The molecule has 180 valence electrons. The maximum atomic E-state index is 12.7. The molecular formula is C23H23NO7S3. The summed E-state index contributed by atoms with van der Waals surface area (Å²) in [5.41, 5.74) is 1.52. The van der Waals surface area contributed by atoms with Gasteiger partial charge in [-0.3, -0.25) is 14.5 Å². The number of ether oxygens (including phenoxy) is 1. The molecule has 1 aliphatic heterocycles. The topological polar surface area (TPSA) is 110 Å². The van der Waals surface area contributed by atoms with Gasteiger partial charge in [-0.25, -0.2) is 0 Å². The van der Waals surface area contributed by atoms with Crippen molar-refractivity contribution in [2.45, 2.75) is 31.1 Å². The highest BCUT2D eigenvalue weighted by Gasteiger charge is 2.31. The van der Waals surface area contributed by atoms with Crippen LogP contribution in [0.3, 0.4) is 0 Å². The SMILES string of the molecule is COc1cc(/C=C2/SC(=S)N(CCCCC(=O)O)C2=O)ccc1OS(=O)(=O)c1ccc(C)cc1. The van der Waals surface area contributed by atoms with Crippen molar-refractivity contribution in [3.05, 3.63) is 58.5 Å². The van der Waals surface area contributed by atoms with Crippen molar-refractivity contribution in [1.29, 1.82) is 0 Å². The van der Waals surface area contributed by atoms with Crippen molar-refractivity contribution < 1.29 is 32.0 Å². The van der Waals surface area contributed by atoms with E-state index < -0.39 is 16.1 Å². The number of rotatable bonds is 10. The number of methoxy groups -OCH3 is 1. The summed E-state index contributed by atoms with van der Waals surface area (Å²) in [7, 11) is -2.66. The fraction of sp³-hybridized carbons (Fsp3) is 0.261. The van der Waals surface area contributed by atoms with Crippen molar-refractivity contribution in [2.75, 3.05) is 13.7 Å². The summed E-state index contributed by atoms with van der Waals surface area (Å²) in [4.78, 5) is 25.3. The Kier molecular flexibility index (Phi) is 8.34. The molecule has 3 rings (SSSR count). The molecule has 1 aliphatic rings. The molecule has 34 heavy (non-hydrogen) atoms. The predicted octanol–water partition coefficient (Wildman–Crippen LogP) is 4.23. The van der Waals surface area contributed by atoms with Gasteiger partial charge in [0.1, 0.15) is 9.22 Å². The second-order valence-corrected chi connectivity index (χ2v) is 10.7. The molecule has 1 fully saturated rings. The van der Waals surface area contributed by atoms with Gasteiger partial charge in [-0.2, -0.15) is 8.42 Å². The minimum Gasteiger partial charge on any atom is -0.493 e. The quantitative estimate of drug-likeness (QED) is 0.213. The van der Waals surface area contributed by atoms with Gasteiger partial charge >= 0.3 is 16.1 Å². The van der Waals surface area contributed by atoms with E-state index in [1.165, 1.54) is 30.2 Å². The van der Waals surface area contributed by atoms with Crippen molar-refractivity contribution in [2.24, 2.45) is 0 Å². The number of hydrogen-bond acceptors (Lipinski definition) is 8. The van der Waals surface area contributed by atoms with E-state index in [0.717, 1.165) is 17.3 Å². The van der Waals surface area contributed by atoms with E-state index in [9.17, 15) is 18.0 Å². The Morgan fingerprint density at radius 2 is 1.85 bits per heavy atom. The normalized spacial score (nSPS) is 15.1. The van der Waals surface area contributed by atoms with Gasteiger partial charge in [0, 0.05) is 13.0 Å². The van der Waals surface area contributed by atoms with Crippen LogP contribution in [0.4, 0.5) is 0 Å². The van der Waals surface area contributed by atoms with Crippen LogP contribution < -0.4 is 8.92 Å². The number of benzene rings is 2. The molecule has 8 nitrogen and oxygen atoms in total. The van der Waals surface area contributed by atoms with Crippen LogP contribution in [0, 0.1) is 6.92 Å². The molecule has 1 heterocycles. The molecular weight excluding hydrogens is 498 g/mol. The van der Waals surface area contributed by atoms with Gasteiger partial charge in [-0.05, 0) is 55.7 Å². The first-order valence-corrected chi connectivity index (χ1v) is 12.9. The average Bonchev–Trinajstić information content (AvgIpc) is 3.04. The van der Waals surface area contributed by atoms with Crippen LogP contribution in [0.1, 0.15) is 30.4 Å². The molecule has 0 unspecified atom stereocenters. The second kappa shape index (κ2) is 11.0. The molecule has 0 aliphatic carbocycles. The third kappa shape index (κ3) is 6.37. The van der Waals surface area contributed by atoms with Crippen LogP contribution in [0.5, 0.6) is 11.5 Å². The molecule has 0 aromatic heterocycles. The number of aliphatic carboxylic acids is 1. The molecule has 1 saturated heterocycles. The number of amides is 1. The van der Waals surface area contributed by atoms with Crippen LogP contribution in [0.2, 0.25) is 0 Å². The molecule has 0 saturated carbocycles. The van der Waals surface area contributed by atoms with E-state index in [4.69, 9.17) is 26.2 Å². The molecule has 0 spiro atoms. The number of carbonyl (C=O) groups excluding carboxylic acids is 1. The molecule has 11 heteroatoms. The monoisotopic (exact) mass is 521 g/mol. The minimum absolute atomic E-state index is 0.0196.